The summed E-state index contributed by atoms with van der Waals surface area (Å²) in [6, 6.07) is 0. The first-order valence-corrected chi connectivity index (χ1v) is 12.4. The van der Waals surface area contributed by atoms with E-state index in [-0.39, 0.29) is 59.1 Å². The third-order valence-corrected chi connectivity index (χ3v) is 8.14. The summed E-state index contributed by atoms with van der Waals surface area (Å²) < 4.78 is 5.14. The van der Waals surface area contributed by atoms with Gasteiger partial charge in [-0.1, -0.05) is 12.2 Å². The number of likely N-dealkylation sites (tertiary alicyclic amines) is 1. The zero-order valence-electron chi connectivity index (χ0n) is 19.3. The van der Waals surface area contributed by atoms with Crippen LogP contribution in [0.5, 0.6) is 0 Å². The summed E-state index contributed by atoms with van der Waals surface area (Å²) >= 11 is 0. The molecule has 3 fully saturated rings. The van der Waals surface area contributed by atoms with Crippen LogP contribution in [0.25, 0.3) is 0 Å². The second-order valence-corrected chi connectivity index (χ2v) is 10.2. The van der Waals surface area contributed by atoms with Gasteiger partial charge in [-0.05, 0) is 75.4 Å². The highest BCUT2D eigenvalue weighted by molar-refractivity contribution is 5.90. The van der Waals surface area contributed by atoms with Crippen molar-refractivity contribution in [3.63, 3.8) is 0 Å². The Bertz CT molecular complexity index is 944. The van der Waals surface area contributed by atoms with Crippen LogP contribution in [-0.2, 0) is 16.1 Å². The molecular weight excluding hydrogens is 420 g/mol. The van der Waals surface area contributed by atoms with E-state index >= 15 is 0 Å². The minimum absolute atomic E-state index is 0.0137. The first kappa shape index (κ1) is 22.3. The fourth-order valence-electron chi connectivity index (χ4n) is 6.35. The van der Waals surface area contributed by atoms with Gasteiger partial charge in [-0.3, -0.25) is 14.4 Å². The van der Waals surface area contributed by atoms with Crippen LogP contribution in [-0.4, -0.2) is 53.7 Å². The van der Waals surface area contributed by atoms with E-state index in [1.165, 1.54) is 39.1 Å². The SMILES string of the molecule is CC(=O)c1nc(CNC(=O)[C@H]2[C@H](C(=O)NCCCCN3CCCC3)[C@H]3C=C[C@@H]2C32CC2)co1. The van der Waals surface area contributed by atoms with Crippen LogP contribution in [0.4, 0.5) is 0 Å². The second-order valence-electron chi connectivity index (χ2n) is 10.2. The molecule has 4 atom stereocenters. The molecule has 2 N–H and O–H groups in total. The lowest BCUT2D eigenvalue weighted by Crippen LogP contribution is -2.44. The number of oxazole rings is 1. The monoisotopic (exact) mass is 454 g/mol. The average Bonchev–Trinajstić information content (AvgIpc) is 3.16. The predicted octanol–water partition coefficient (Wildman–Crippen LogP) is 2.31. The number of carbonyl (C=O) groups is 3. The maximum Gasteiger partial charge on any atom is 0.263 e. The molecule has 1 aliphatic heterocycles. The van der Waals surface area contributed by atoms with Crippen molar-refractivity contribution in [1.82, 2.24) is 20.5 Å². The van der Waals surface area contributed by atoms with Gasteiger partial charge in [-0.2, -0.15) is 0 Å². The van der Waals surface area contributed by atoms with E-state index in [9.17, 15) is 14.4 Å². The number of Topliss-reactive ketones (excluding diaryl/α,β-unsaturated/α-hetero) is 1. The van der Waals surface area contributed by atoms with Gasteiger partial charge >= 0.3 is 0 Å². The number of carbonyl (C=O) groups excluding carboxylic acids is 3. The van der Waals surface area contributed by atoms with Crippen molar-refractivity contribution in [3.05, 3.63) is 30.0 Å². The van der Waals surface area contributed by atoms with E-state index in [2.05, 4.69) is 32.7 Å². The first-order valence-electron chi connectivity index (χ1n) is 12.4. The Morgan fingerprint density at radius 2 is 1.73 bits per heavy atom. The Labute approximate surface area is 194 Å². The van der Waals surface area contributed by atoms with Crippen LogP contribution < -0.4 is 10.6 Å². The number of nitrogens with one attached hydrogen (secondary N) is 2. The molecule has 0 radical (unpaired) electrons. The van der Waals surface area contributed by atoms with Crippen LogP contribution in [0.2, 0.25) is 0 Å². The Kier molecular flexibility index (Phi) is 6.12. The van der Waals surface area contributed by atoms with Crippen LogP contribution in [0.15, 0.2) is 22.8 Å². The molecule has 33 heavy (non-hydrogen) atoms. The molecule has 5 rings (SSSR count). The summed E-state index contributed by atoms with van der Waals surface area (Å²) in [5.74, 6) is -0.700. The van der Waals surface area contributed by atoms with Crippen molar-refractivity contribution < 1.29 is 18.8 Å². The minimum Gasteiger partial charge on any atom is -0.442 e. The molecule has 0 unspecified atom stereocenters. The number of aromatic nitrogens is 1. The molecule has 2 saturated carbocycles. The van der Waals surface area contributed by atoms with Gasteiger partial charge in [0.25, 0.3) is 5.89 Å². The number of unbranched alkanes of at least 4 members (excludes halogenated alkanes) is 1. The van der Waals surface area contributed by atoms with Gasteiger partial charge in [0.1, 0.15) is 6.26 Å². The third kappa shape index (κ3) is 4.25. The molecule has 2 heterocycles. The normalized spacial score (nSPS) is 29.0. The highest BCUT2D eigenvalue weighted by atomic mass is 16.3. The molecule has 2 bridgehead atoms. The van der Waals surface area contributed by atoms with Gasteiger partial charge in [0, 0.05) is 13.5 Å². The molecule has 3 aliphatic carbocycles. The van der Waals surface area contributed by atoms with Crippen LogP contribution in [0.1, 0.15) is 61.8 Å². The number of amides is 2. The van der Waals surface area contributed by atoms with Crippen molar-refractivity contribution in [1.29, 1.82) is 0 Å². The lowest BCUT2D eigenvalue weighted by atomic mass is 9.81. The standard InChI is InChI=1S/C25H34N4O4/c1-16(30)24-28-17(15-33-24)14-27-23(32)21-19-7-6-18(25(19)8-9-25)20(21)22(31)26-10-2-3-11-29-12-4-5-13-29/h6-7,15,18-21H,2-5,8-14H2,1H3,(H,26,31)(H,27,32)/t18-,19+,20-,21-/m1/s1. The average molecular weight is 455 g/mol. The van der Waals surface area contributed by atoms with E-state index in [0.717, 1.165) is 32.2 Å². The van der Waals surface area contributed by atoms with E-state index in [1.807, 2.05) is 0 Å². The van der Waals surface area contributed by atoms with Crippen molar-refractivity contribution in [2.75, 3.05) is 26.2 Å². The molecular formula is C25H34N4O4. The third-order valence-electron chi connectivity index (χ3n) is 8.14. The number of hydrogen-bond acceptors (Lipinski definition) is 6. The molecule has 8 nitrogen and oxygen atoms in total. The molecule has 4 aliphatic rings. The summed E-state index contributed by atoms with van der Waals surface area (Å²) in [6.07, 6.45) is 12.6. The largest absolute Gasteiger partial charge is 0.442 e. The highest BCUT2D eigenvalue weighted by Gasteiger charge is 2.69. The second kappa shape index (κ2) is 9.05. The summed E-state index contributed by atoms with van der Waals surface area (Å²) in [4.78, 5) is 44.5. The van der Waals surface area contributed by atoms with E-state index in [0.29, 0.717) is 12.2 Å². The number of allylic oxidation sites excluding steroid dienone is 2. The van der Waals surface area contributed by atoms with Crippen molar-refractivity contribution in [2.45, 2.75) is 52.0 Å². The van der Waals surface area contributed by atoms with Gasteiger partial charge in [0.05, 0.1) is 24.1 Å². The smallest absolute Gasteiger partial charge is 0.263 e. The van der Waals surface area contributed by atoms with E-state index in [1.54, 1.807) is 0 Å². The lowest BCUT2D eigenvalue weighted by Gasteiger charge is -2.26. The molecule has 1 saturated heterocycles. The zero-order chi connectivity index (χ0) is 23.0. The topological polar surface area (TPSA) is 105 Å². The van der Waals surface area contributed by atoms with Gasteiger partial charge in [0.2, 0.25) is 17.6 Å². The molecule has 1 aromatic rings. The summed E-state index contributed by atoms with van der Waals surface area (Å²) in [5, 5.41) is 6.08. The minimum atomic E-state index is -0.355. The fraction of sp³-hybridized carbons (Fsp3) is 0.680. The Hall–Kier alpha value is -2.48. The highest BCUT2D eigenvalue weighted by Crippen LogP contribution is 2.72. The zero-order valence-corrected chi connectivity index (χ0v) is 19.3. The molecule has 0 aromatic carbocycles. The number of ketones is 1. The van der Waals surface area contributed by atoms with E-state index < -0.39 is 0 Å². The van der Waals surface area contributed by atoms with Crippen molar-refractivity contribution >= 4 is 17.6 Å². The Morgan fingerprint density at radius 3 is 2.33 bits per heavy atom. The van der Waals surface area contributed by atoms with E-state index in [4.69, 9.17) is 4.42 Å². The summed E-state index contributed by atoms with van der Waals surface area (Å²) in [5.41, 5.74) is 0.613. The van der Waals surface area contributed by atoms with Crippen LogP contribution in [0, 0.1) is 29.1 Å². The van der Waals surface area contributed by atoms with Gasteiger partial charge in [-0.25, -0.2) is 4.98 Å². The Morgan fingerprint density at radius 1 is 1.06 bits per heavy atom. The van der Waals surface area contributed by atoms with Crippen LogP contribution in [0.3, 0.4) is 0 Å². The molecule has 1 aromatic heterocycles. The lowest BCUT2D eigenvalue weighted by molar-refractivity contribution is -0.135. The quantitative estimate of drug-likeness (QED) is 0.319. The van der Waals surface area contributed by atoms with Gasteiger partial charge in [0.15, 0.2) is 0 Å². The molecule has 8 heteroatoms. The van der Waals surface area contributed by atoms with Crippen molar-refractivity contribution in [3.8, 4) is 0 Å². The molecule has 2 amide bonds. The number of nitrogens with zero attached hydrogens (tertiary/aromatic N) is 2. The van der Waals surface area contributed by atoms with Crippen LogP contribution >= 0.6 is 0 Å². The predicted molar refractivity (Wildman–Crippen MR) is 121 cm³/mol. The number of hydrogen-bond donors (Lipinski definition) is 2. The summed E-state index contributed by atoms with van der Waals surface area (Å²) in [7, 11) is 0. The van der Waals surface area contributed by atoms with Gasteiger partial charge < -0.3 is 20.0 Å². The first-order chi connectivity index (χ1) is 16.0. The fourth-order valence-corrected chi connectivity index (χ4v) is 6.35. The Balaban J connectivity index is 1.17. The molecule has 178 valence electrons. The maximum atomic E-state index is 13.2. The number of rotatable bonds is 10. The molecule has 1 spiro atoms. The van der Waals surface area contributed by atoms with Gasteiger partial charge in [-0.15, -0.1) is 0 Å². The summed E-state index contributed by atoms with van der Waals surface area (Å²) in [6.45, 7) is 5.75. The van der Waals surface area contributed by atoms with Crippen molar-refractivity contribution in [2.24, 2.45) is 29.1 Å². The maximum absolute atomic E-state index is 13.2.